The van der Waals surface area contributed by atoms with Gasteiger partial charge in [0.05, 0.1) is 19.8 Å². The van der Waals surface area contributed by atoms with Gasteiger partial charge in [-0.25, -0.2) is 0 Å². The summed E-state index contributed by atoms with van der Waals surface area (Å²) in [5, 5.41) is 40.2. The van der Waals surface area contributed by atoms with Gasteiger partial charge in [-0.05, 0) is 0 Å². The van der Waals surface area contributed by atoms with E-state index in [2.05, 4.69) is 15.0 Å². The standard InChI is InChI=1S/C11H19NO8.C3H5NO/c13-2-4-19-3-1-7(15)12-8-10(17)9(16)6(5-14)20-11(8)18;1-2-5-3-4-1/h2,6,8-11,14,16-18H,1,3-5H2,(H,12,15);3H,1-2H2/t6-,8-,9-,10-,11?;/m1./s1. The van der Waals surface area contributed by atoms with Crippen LogP contribution in [0.5, 0.6) is 0 Å². The molecular weight excluding hydrogens is 340 g/mol. The van der Waals surface area contributed by atoms with E-state index in [0.717, 1.165) is 13.2 Å². The van der Waals surface area contributed by atoms with Gasteiger partial charge >= 0.3 is 0 Å². The molecule has 1 amide bonds. The van der Waals surface area contributed by atoms with Gasteiger partial charge in [0.2, 0.25) is 5.91 Å². The second-order valence-corrected chi connectivity index (χ2v) is 5.20. The van der Waals surface area contributed by atoms with Gasteiger partial charge in [-0.3, -0.25) is 9.79 Å². The minimum Gasteiger partial charge on any atom is -0.482 e. The number of aliphatic hydroxyl groups is 4. The molecule has 1 saturated heterocycles. The number of aliphatic hydroxyl groups excluding tert-OH is 4. The second kappa shape index (κ2) is 11.8. The number of nitrogens with one attached hydrogen (secondary N) is 1. The molecule has 11 nitrogen and oxygen atoms in total. The van der Waals surface area contributed by atoms with Gasteiger partial charge in [0.25, 0.3) is 0 Å². The highest BCUT2D eigenvalue weighted by atomic mass is 16.6. The van der Waals surface area contributed by atoms with Gasteiger partial charge < -0.3 is 44.7 Å². The molecule has 0 radical (unpaired) electrons. The topological polar surface area (TPSA) is 167 Å². The van der Waals surface area contributed by atoms with Gasteiger partial charge in [0.15, 0.2) is 12.7 Å². The molecule has 1 unspecified atom stereocenters. The molecule has 144 valence electrons. The quantitative estimate of drug-likeness (QED) is 0.228. The fraction of sp³-hybridized carbons (Fsp3) is 0.786. The third-order valence-electron chi connectivity index (χ3n) is 3.37. The Kier molecular flexibility index (Phi) is 10.1. The van der Waals surface area contributed by atoms with Crippen LogP contribution in [0.4, 0.5) is 0 Å². The SMILES string of the molecule is C1=NCCO1.O=CCOCCC(=O)N[C@H]1C(O)O[C@H](CO)[C@@H](O)[C@@H]1O. The minimum absolute atomic E-state index is 0.00611. The van der Waals surface area contributed by atoms with E-state index in [1.165, 1.54) is 6.40 Å². The lowest BCUT2D eigenvalue weighted by molar-refractivity contribution is -0.253. The van der Waals surface area contributed by atoms with Crippen LogP contribution >= 0.6 is 0 Å². The van der Waals surface area contributed by atoms with Crippen LogP contribution in [-0.4, -0.2) is 103 Å². The summed E-state index contributed by atoms with van der Waals surface area (Å²) in [4.78, 5) is 25.3. The minimum atomic E-state index is -1.55. The van der Waals surface area contributed by atoms with Crippen molar-refractivity contribution in [3.05, 3.63) is 0 Å². The number of ether oxygens (including phenoxy) is 3. The Bertz CT molecular complexity index is 429. The maximum absolute atomic E-state index is 11.5. The molecule has 5 atom stereocenters. The molecule has 2 heterocycles. The maximum atomic E-state index is 11.5. The Morgan fingerprint density at radius 2 is 2.12 bits per heavy atom. The number of hydrogen-bond donors (Lipinski definition) is 5. The Hall–Kier alpha value is -1.63. The molecule has 0 aromatic heterocycles. The van der Waals surface area contributed by atoms with Crippen molar-refractivity contribution >= 4 is 18.6 Å². The van der Waals surface area contributed by atoms with Crippen LogP contribution in [0, 0.1) is 0 Å². The first-order chi connectivity index (χ1) is 12.0. The van der Waals surface area contributed by atoms with E-state index in [1.54, 1.807) is 0 Å². The lowest BCUT2D eigenvalue weighted by Gasteiger charge is -2.40. The van der Waals surface area contributed by atoms with Crippen molar-refractivity contribution in [3.63, 3.8) is 0 Å². The normalized spacial score (nSPS) is 30.8. The smallest absolute Gasteiger partial charge is 0.222 e. The van der Waals surface area contributed by atoms with Crippen LogP contribution in [0.3, 0.4) is 0 Å². The molecule has 0 spiro atoms. The summed E-state index contributed by atoms with van der Waals surface area (Å²) < 4.78 is 14.3. The fourth-order valence-electron chi connectivity index (χ4n) is 2.07. The highest BCUT2D eigenvalue weighted by Gasteiger charge is 2.44. The number of hydrogen-bond acceptors (Lipinski definition) is 10. The van der Waals surface area contributed by atoms with Crippen LogP contribution in [0.25, 0.3) is 0 Å². The molecule has 25 heavy (non-hydrogen) atoms. The summed E-state index contributed by atoms with van der Waals surface area (Å²) in [6.07, 6.45) is -3.63. The molecular formula is C14H24N2O9. The number of rotatable bonds is 7. The molecule has 0 aromatic carbocycles. The third-order valence-corrected chi connectivity index (χ3v) is 3.37. The van der Waals surface area contributed by atoms with E-state index in [1.807, 2.05) is 0 Å². The Morgan fingerprint density at radius 3 is 2.64 bits per heavy atom. The van der Waals surface area contributed by atoms with Crippen molar-refractivity contribution < 1.29 is 44.2 Å². The van der Waals surface area contributed by atoms with Gasteiger partial charge in [-0.1, -0.05) is 0 Å². The zero-order valence-corrected chi connectivity index (χ0v) is 13.6. The highest BCUT2D eigenvalue weighted by Crippen LogP contribution is 2.19. The van der Waals surface area contributed by atoms with Gasteiger partial charge in [0, 0.05) is 6.42 Å². The monoisotopic (exact) mass is 364 g/mol. The lowest BCUT2D eigenvalue weighted by atomic mass is 9.97. The number of nitrogens with zero attached hydrogens (tertiary/aromatic N) is 1. The summed E-state index contributed by atoms with van der Waals surface area (Å²) in [6, 6.07) is -1.22. The zero-order valence-electron chi connectivity index (χ0n) is 13.6. The lowest BCUT2D eigenvalue weighted by Crippen LogP contribution is -2.64. The molecule has 0 saturated carbocycles. The number of amides is 1. The average molecular weight is 364 g/mol. The number of aldehydes is 1. The predicted molar refractivity (Wildman–Crippen MR) is 82.7 cm³/mol. The first kappa shape index (κ1) is 21.4. The fourth-order valence-corrected chi connectivity index (χ4v) is 2.07. The van der Waals surface area contributed by atoms with Crippen LogP contribution in [0.1, 0.15) is 6.42 Å². The summed E-state index contributed by atoms with van der Waals surface area (Å²) >= 11 is 0. The Balaban J connectivity index is 0.000000531. The van der Waals surface area contributed by atoms with Crippen molar-refractivity contribution in [3.8, 4) is 0 Å². The largest absolute Gasteiger partial charge is 0.482 e. The average Bonchev–Trinajstić information content (AvgIpc) is 3.18. The third kappa shape index (κ3) is 7.42. The summed E-state index contributed by atoms with van der Waals surface area (Å²) in [7, 11) is 0. The van der Waals surface area contributed by atoms with Crippen LogP contribution in [-0.2, 0) is 23.8 Å². The number of carbonyl (C=O) groups excluding carboxylic acids is 2. The molecule has 1 fully saturated rings. The van der Waals surface area contributed by atoms with Crippen molar-refractivity contribution in [1.82, 2.24) is 5.32 Å². The van der Waals surface area contributed by atoms with Gasteiger partial charge in [0.1, 0.15) is 43.9 Å². The molecule has 5 N–H and O–H groups in total. The number of aliphatic imine (C=N–C) groups is 1. The van der Waals surface area contributed by atoms with Gasteiger partial charge in [-0.15, -0.1) is 0 Å². The van der Waals surface area contributed by atoms with E-state index in [4.69, 9.17) is 14.6 Å². The van der Waals surface area contributed by atoms with Crippen LogP contribution in [0.15, 0.2) is 4.99 Å². The maximum Gasteiger partial charge on any atom is 0.222 e. The zero-order chi connectivity index (χ0) is 18.7. The van der Waals surface area contributed by atoms with E-state index >= 15 is 0 Å². The van der Waals surface area contributed by atoms with Crippen molar-refractivity contribution in [2.45, 2.75) is 37.1 Å². The molecule has 0 aliphatic carbocycles. The van der Waals surface area contributed by atoms with E-state index in [9.17, 15) is 24.9 Å². The summed E-state index contributed by atoms with van der Waals surface area (Å²) in [6.45, 7) is 0.934. The van der Waals surface area contributed by atoms with E-state index in [-0.39, 0.29) is 19.6 Å². The van der Waals surface area contributed by atoms with E-state index < -0.39 is 43.2 Å². The first-order valence-electron chi connectivity index (χ1n) is 7.72. The highest BCUT2D eigenvalue weighted by molar-refractivity contribution is 5.76. The molecule has 2 aliphatic heterocycles. The van der Waals surface area contributed by atoms with Crippen LogP contribution < -0.4 is 5.32 Å². The Morgan fingerprint density at radius 1 is 1.36 bits per heavy atom. The molecule has 0 aromatic rings. The molecule has 0 bridgehead atoms. The second-order valence-electron chi connectivity index (χ2n) is 5.20. The molecule has 2 aliphatic rings. The van der Waals surface area contributed by atoms with Crippen molar-refractivity contribution in [2.24, 2.45) is 4.99 Å². The predicted octanol–water partition coefficient (Wildman–Crippen LogP) is -3.45. The Labute approximate surface area is 144 Å². The van der Waals surface area contributed by atoms with Crippen molar-refractivity contribution in [2.75, 3.05) is 33.0 Å². The number of carbonyl (C=O) groups is 2. The first-order valence-corrected chi connectivity index (χ1v) is 7.72. The van der Waals surface area contributed by atoms with Crippen LogP contribution in [0.2, 0.25) is 0 Å². The van der Waals surface area contributed by atoms with Crippen molar-refractivity contribution in [1.29, 1.82) is 0 Å². The molecule has 11 heteroatoms. The van der Waals surface area contributed by atoms with E-state index in [0.29, 0.717) is 6.29 Å². The van der Waals surface area contributed by atoms with Gasteiger partial charge in [-0.2, -0.15) is 0 Å². The summed E-state index contributed by atoms with van der Waals surface area (Å²) in [5.74, 6) is -0.544. The molecule has 2 rings (SSSR count). The summed E-state index contributed by atoms with van der Waals surface area (Å²) in [5.41, 5.74) is 0.